The zero-order valence-electron chi connectivity index (χ0n) is 9.50. The molecule has 1 aliphatic carbocycles. The average molecular weight is 237 g/mol. The minimum atomic E-state index is 0. The molecular weight excluding hydrogens is 212 g/mol. The second kappa shape index (κ2) is 10.7. The highest BCUT2D eigenvalue weighted by Gasteiger charge is 2.11. The van der Waals surface area contributed by atoms with Gasteiger partial charge in [-0.25, -0.2) is 0 Å². The van der Waals surface area contributed by atoms with Crippen LogP contribution in [0.25, 0.3) is 0 Å². The van der Waals surface area contributed by atoms with E-state index in [1.165, 1.54) is 38.6 Å². The van der Waals surface area contributed by atoms with Crippen LogP contribution in [0.15, 0.2) is 0 Å². The van der Waals surface area contributed by atoms with Gasteiger partial charge in [-0.15, -0.1) is 12.4 Å². The topological polar surface area (TPSA) is 44.3 Å². The molecule has 0 aliphatic heterocycles. The van der Waals surface area contributed by atoms with Gasteiger partial charge in [0.1, 0.15) is 0 Å². The summed E-state index contributed by atoms with van der Waals surface area (Å²) >= 11 is 0. The molecule has 1 fully saturated rings. The van der Waals surface area contributed by atoms with Gasteiger partial charge in [0.25, 0.3) is 0 Å². The van der Waals surface area contributed by atoms with Gasteiger partial charge in [-0.1, -0.05) is 19.3 Å². The van der Waals surface area contributed by atoms with Crippen molar-refractivity contribution in [1.82, 2.24) is 10.6 Å². The molecule has 0 saturated heterocycles. The van der Waals surface area contributed by atoms with Gasteiger partial charge in [0.05, 0.1) is 6.61 Å². The molecule has 15 heavy (non-hydrogen) atoms. The van der Waals surface area contributed by atoms with E-state index in [4.69, 9.17) is 5.11 Å². The van der Waals surface area contributed by atoms with Gasteiger partial charge in [0.2, 0.25) is 0 Å². The Hall–Kier alpha value is 0.170. The van der Waals surface area contributed by atoms with E-state index in [9.17, 15) is 0 Å². The molecule has 0 unspecified atom stereocenters. The van der Waals surface area contributed by atoms with Crippen LogP contribution in [-0.4, -0.2) is 37.9 Å². The fraction of sp³-hybridized carbons (Fsp3) is 1.00. The first-order chi connectivity index (χ1) is 6.93. The molecule has 0 aromatic heterocycles. The molecule has 0 amide bonds. The molecule has 4 heteroatoms. The van der Waals surface area contributed by atoms with E-state index in [2.05, 4.69) is 10.6 Å². The van der Waals surface area contributed by atoms with E-state index in [0.717, 1.165) is 19.0 Å². The zero-order chi connectivity index (χ0) is 10.1. The fourth-order valence-electron chi connectivity index (χ4n) is 2.08. The van der Waals surface area contributed by atoms with Gasteiger partial charge in [-0.3, -0.25) is 0 Å². The van der Waals surface area contributed by atoms with Crippen LogP contribution in [-0.2, 0) is 0 Å². The van der Waals surface area contributed by atoms with Gasteiger partial charge in [0, 0.05) is 19.6 Å². The summed E-state index contributed by atoms with van der Waals surface area (Å²) in [5.74, 6) is 0.918. The quantitative estimate of drug-likeness (QED) is 0.582. The van der Waals surface area contributed by atoms with Crippen LogP contribution in [0.1, 0.15) is 32.1 Å². The Kier molecular flexibility index (Phi) is 10.8. The highest BCUT2D eigenvalue weighted by Crippen LogP contribution is 2.22. The van der Waals surface area contributed by atoms with Gasteiger partial charge < -0.3 is 15.7 Å². The molecule has 1 saturated carbocycles. The predicted octanol–water partition coefficient (Wildman–Crippen LogP) is 1.16. The fourth-order valence-corrected chi connectivity index (χ4v) is 2.08. The van der Waals surface area contributed by atoms with E-state index in [1.54, 1.807) is 0 Å². The highest BCUT2D eigenvalue weighted by atomic mass is 35.5. The summed E-state index contributed by atoms with van der Waals surface area (Å²) < 4.78 is 0. The molecule has 0 aromatic carbocycles. The summed E-state index contributed by atoms with van der Waals surface area (Å²) in [6.45, 7) is 4.12. The average Bonchev–Trinajstić information content (AvgIpc) is 2.25. The first kappa shape index (κ1) is 15.2. The lowest BCUT2D eigenvalue weighted by atomic mass is 9.89. The summed E-state index contributed by atoms with van der Waals surface area (Å²) in [7, 11) is 0. The predicted molar refractivity (Wildman–Crippen MR) is 66.6 cm³/mol. The van der Waals surface area contributed by atoms with Gasteiger partial charge in [-0.2, -0.15) is 0 Å². The number of aliphatic hydroxyl groups excluding tert-OH is 1. The molecule has 0 radical (unpaired) electrons. The van der Waals surface area contributed by atoms with Crippen molar-refractivity contribution < 1.29 is 5.11 Å². The maximum atomic E-state index is 8.54. The molecule has 0 heterocycles. The summed E-state index contributed by atoms with van der Waals surface area (Å²) in [5, 5.41) is 15.2. The maximum Gasteiger partial charge on any atom is 0.0555 e. The number of hydrogen-bond donors (Lipinski definition) is 3. The Labute approximate surface area is 99.4 Å². The minimum Gasteiger partial charge on any atom is -0.395 e. The Morgan fingerprint density at radius 2 is 1.60 bits per heavy atom. The Morgan fingerprint density at radius 3 is 2.27 bits per heavy atom. The number of hydrogen-bond acceptors (Lipinski definition) is 3. The van der Waals surface area contributed by atoms with Crippen LogP contribution in [0.4, 0.5) is 0 Å². The van der Waals surface area contributed by atoms with Crippen LogP contribution in [0.5, 0.6) is 0 Å². The van der Waals surface area contributed by atoms with Crippen molar-refractivity contribution in [1.29, 1.82) is 0 Å². The molecule has 1 rings (SSSR count). The van der Waals surface area contributed by atoms with Crippen molar-refractivity contribution in [3.63, 3.8) is 0 Å². The summed E-state index contributed by atoms with van der Waals surface area (Å²) in [6, 6.07) is 0. The Bertz CT molecular complexity index is 130. The van der Waals surface area contributed by atoms with E-state index in [1.807, 2.05) is 0 Å². The molecular formula is C11H25ClN2O. The van der Waals surface area contributed by atoms with Gasteiger partial charge in [0.15, 0.2) is 0 Å². The molecule has 3 nitrogen and oxygen atoms in total. The molecule has 0 aromatic rings. The molecule has 0 spiro atoms. The van der Waals surface area contributed by atoms with Crippen LogP contribution >= 0.6 is 12.4 Å². The van der Waals surface area contributed by atoms with Gasteiger partial charge >= 0.3 is 0 Å². The lowest BCUT2D eigenvalue weighted by Gasteiger charge is -2.21. The van der Waals surface area contributed by atoms with Crippen LogP contribution in [0, 0.1) is 5.92 Å². The van der Waals surface area contributed by atoms with Crippen molar-refractivity contribution >= 4 is 12.4 Å². The zero-order valence-corrected chi connectivity index (χ0v) is 10.3. The van der Waals surface area contributed by atoms with Crippen molar-refractivity contribution in [2.24, 2.45) is 5.92 Å². The van der Waals surface area contributed by atoms with Crippen molar-refractivity contribution in [2.75, 3.05) is 32.8 Å². The minimum absolute atomic E-state index is 0. The Balaban J connectivity index is 0.00000196. The van der Waals surface area contributed by atoms with Crippen molar-refractivity contribution in [2.45, 2.75) is 32.1 Å². The number of halogens is 1. The van der Waals surface area contributed by atoms with Gasteiger partial charge in [-0.05, 0) is 25.3 Å². The standard InChI is InChI=1S/C11H24N2O.ClH/c14-9-8-12-6-7-13-10-11-4-2-1-3-5-11;/h11-14H,1-10H2;1H. The van der Waals surface area contributed by atoms with E-state index in [-0.39, 0.29) is 19.0 Å². The molecule has 0 atom stereocenters. The smallest absolute Gasteiger partial charge is 0.0555 e. The monoisotopic (exact) mass is 236 g/mol. The first-order valence-corrected chi connectivity index (χ1v) is 5.96. The molecule has 0 bridgehead atoms. The first-order valence-electron chi connectivity index (χ1n) is 5.96. The van der Waals surface area contributed by atoms with Crippen LogP contribution in [0.3, 0.4) is 0 Å². The lowest BCUT2D eigenvalue weighted by molar-refractivity contribution is 0.291. The van der Waals surface area contributed by atoms with Crippen LogP contribution in [0.2, 0.25) is 0 Å². The second-order valence-corrected chi connectivity index (χ2v) is 4.18. The van der Waals surface area contributed by atoms with Crippen LogP contribution < -0.4 is 10.6 Å². The summed E-state index contributed by atoms with van der Waals surface area (Å²) in [6.07, 6.45) is 7.12. The third kappa shape index (κ3) is 8.03. The van der Waals surface area contributed by atoms with E-state index in [0.29, 0.717) is 6.54 Å². The SMILES string of the molecule is Cl.OCCNCCNCC1CCCCC1. The Morgan fingerprint density at radius 1 is 0.933 bits per heavy atom. The molecule has 92 valence electrons. The number of aliphatic hydroxyl groups is 1. The largest absolute Gasteiger partial charge is 0.395 e. The van der Waals surface area contributed by atoms with E-state index >= 15 is 0 Å². The highest BCUT2D eigenvalue weighted by molar-refractivity contribution is 5.85. The third-order valence-corrected chi connectivity index (χ3v) is 2.92. The second-order valence-electron chi connectivity index (χ2n) is 4.18. The van der Waals surface area contributed by atoms with Crippen molar-refractivity contribution in [3.05, 3.63) is 0 Å². The van der Waals surface area contributed by atoms with Crippen molar-refractivity contribution in [3.8, 4) is 0 Å². The number of rotatable bonds is 7. The summed E-state index contributed by atoms with van der Waals surface area (Å²) in [4.78, 5) is 0. The normalized spacial score (nSPS) is 17.4. The molecule has 3 N–H and O–H groups in total. The summed E-state index contributed by atoms with van der Waals surface area (Å²) in [5.41, 5.74) is 0. The molecule has 1 aliphatic rings. The van der Waals surface area contributed by atoms with E-state index < -0.39 is 0 Å². The lowest BCUT2D eigenvalue weighted by Crippen LogP contribution is -2.32. The number of nitrogens with one attached hydrogen (secondary N) is 2. The maximum absolute atomic E-state index is 8.54. The third-order valence-electron chi connectivity index (χ3n) is 2.92.